The summed E-state index contributed by atoms with van der Waals surface area (Å²) in [7, 11) is 0. The molecule has 0 aliphatic rings. The van der Waals surface area contributed by atoms with Gasteiger partial charge in [-0.1, -0.05) is 33.3 Å². The Morgan fingerprint density at radius 3 is 2.65 bits per heavy atom. The number of nitrogens with zero attached hydrogens (tertiary/aromatic N) is 3. The van der Waals surface area contributed by atoms with E-state index in [9.17, 15) is 0 Å². The third-order valence-corrected chi connectivity index (χ3v) is 3.23. The van der Waals surface area contributed by atoms with Crippen molar-refractivity contribution in [1.82, 2.24) is 15.0 Å². The first-order chi connectivity index (χ1) is 8.20. The third-order valence-electron chi connectivity index (χ3n) is 2.70. The van der Waals surface area contributed by atoms with Gasteiger partial charge >= 0.3 is 0 Å². The first-order valence-corrected chi connectivity index (χ1v) is 6.33. The second kappa shape index (κ2) is 5.42. The van der Waals surface area contributed by atoms with Crippen LogP contribution in [-0.4, -0.2) is 21.5 Å². The van der Waals surface area contributed by atoms with Crippen LogP contribution in [0.15, 0.2) is 28.7 Å². The van der Waals surface area contributed by atoms with Gasteiger partial charge in [0.1, 0.15) is 0 Å². The maximum Gasteiger partial charge on any atom is 0.0868 e. The van der Waals surface area contributed by atoms with E-state index in [1.807, 2.05) is 23.7 Å². The molecule has 2 aromatic rings. The van der Waals surface area contributed by atoms with Crippen molar-refractivity contribution in [3.63, 3.8) is 0 Å². The smallest absolute Gasteiger partial charge is 0.0868 e. The summed E-state index contributed by atoms with van der Waals surface area (Å²) < 4.78 is 2.99. The highest BCUT2D eigenvalue weighted by molar-refractivity contribution is 9.10. The van der Waals surface area contributed by atoms with Gasteiger partial charge < -0.3 is 5.73 Å². The molecule has 1 heterocycles. The van der Waals surface area contributed by atoms with Crippen molar-refractivity contribution in [3.8, 4) is 0 Å². The van der Waals surface area contributed by atoms with Crippen molar-refractivity contribution in [2.45, 2.75) is 19.9 Å². The number of hydrogen-bond acceptors (Lipinski definition) is 3. The molecule has 5 heteroatoms. The minimum absolute atomic E-state index is 0.609. The van der Waals surface area contributed by atoms with Crippen LogP contribution in [0.3, 0.4) is 0 Å². The summed E-state index contributed by atoms with van der Waals surface area (Å²) in [4.78, 5) is 0. The van der Waals surface area contributed by atoms with Gasteiger partial charge in [-0.25, -0.2) is 4.68 Å². The quantitative estimate of drug-likeness (QED) is 0.937. The fourth-order valence-corrected chi connectivity index (χ4v) is 1.94. The number of rotatable bonds is 4. The maximum absolute atomic E-state index is 5.53. The van der Waals surface area contributed by atoms with Crippen LogP contribution in [0, 0.1) is 6.92 Å². The SMILES string of the molecule is Cc1c(CCN)nnn1Cc1ccc(Br)cc1. The molecular formula is C12H15BrN4. The van der Waals surface area contributed by atoms with Crippen LogP contribution in [0.2, 0.25) is 0 Å². The van der Waals surface area contributed by atoms with Gasteiger partial charge in [0.25, 0.3) is 0 Å². The molecule has 0 spiro atoms. The van der Waals surface area contributed by atoms with Gasteiger partial charge in [0, 0.05) is 10.9 Å². The van der Waals surface area contributed by atoms with Crippen LogP contribution in [0.1, 0.15) is 17.0 Å². The summed E-state index contributed by atoms with van der Waals surface area (Å²) in [6, 6.07) is 8.21. The molecule has 90 valence electrons. The summed E-state index contributed by atoms with van der Waals surface area (Å²) in [5.41, 5.74) is 8.82. The number of aromatic nitrogens is 3. The van der Waals surface area contributed by atoms with E-state index in [-0.39, 0.29) is 0 Å². The first kappa shape index (κ1) is 12.3. The van der Waals surface area contributed by atoms with Crippen molar-refractivity contribution in [1.29, 1.82) is 0 Å². The minimum atomic E-state index is 0.609. The Morgan fingerprint density at radius 1 is 1.29 bits per heavy atom. The molecular weight excluding hydrogens is 280 g/mol. The van der Waals surface area contributed by atoms with E-state index >= 15 is 0 Å². The van der Waals surface area contributed by atoms with Crippen LogP contribution in [0.25, 0.3) is 0 Å². The second-order valence-corrected chi connectivity index (χ2v) is 4.86. The molecule has 0 fully saturated rings. The molecule has 2 rings (SSSR count). The molecule has 0 aliphatic carbocycles. The molecule has 1 aromatic heterocycles. The number of benzene rings is 1. The molecule has 0 saturated heterocycles. The normalized spacial score (nSPS) is 10.8. The van der Waals surface area contributed by atoms with Gasteiger partial charge in [0.15, 0.2) is 0 Å². The maximum atomic E-state index is 5.53. The summed E-state index contributed by atoms with van der Waals surface area (Å²) >= 11 is 3.42. The van der Waals surface area contributed by atoms with E-state index in [2.05, 4.69) is 38.4 Å². The van der Waals surface area contributed by atoms with Crippen LogP contribution in [-0.2, 0) is 13.0 Å². The Hall–Kier alpha value is -1.20. The second-order valence-electron chi connectivity index (χ2n) is 3.94. The van der Waals surface area contributed by atoms with Gasteiger partial charge in [-0.05, 0) is 31.2 Å². The van der Waals surface area contributed by atoms with E-state index in [4.69, 9.17) is 5.73 Å². The summed E-state index contributed by atoms with van der Waals surface area (Å²) in [5, 5.41) is 8.29. The topological polar surface area (TPSA) is 56.7 Å². The van der Waals surface area contributed by atoms with Gasteiger partial charge in [-0.3, -0.25) is 0 Å². The van der Waals surface area contributed by atoms with Crippen LogP contribution >= 0.6 is 15.9 Å². The molecule has 0 aliphatic heterocycles. The van der Waals surface area contributed by atoms with E-state index in [1.54, 1.807) is 0 Å². The fraction of sp³-hybridized carbons (Fsp3) is 0.333. The highest BCUT2D eigenvalue weighted by atomic mass is 79.9. The van der Waals surface area contributed by atoms with Crippen LogP contribution < -0.4 is 5.73 Å². The Balaban J connectivity index is 2.16. The monoisotopic (exact) mass is 294 g/mol. The molecule has 0 saturated carbocycles. The number of halogens is 1. The molecule has 0 atom stereocenters. The lowest BCUT2D eigenvalue weighted by Crippen LogP contribution is -2.06. The Labute approximate surface area is 109 Å². The first-order valence-electron chi connectivity index (χ1n) is 5.54. The zero-order valence-electron chi connectivity index (χ0n) is 9.73. The predicted molar refractivity (Wildman–Crippen MR) is 70.8 cm³/mol. The lowest BCUT2D eigenvalue weighted by molar-refractivity contribution is 0.633. The summed E-state index contributed by atoms with van der Waals surface area (Å²) in [6.45, 7) is 3.39. The average molecular weight is 295 g/mol. The molecule has 0 amide bonds. The van der Waals surface area contributed by atoms with Crippen molar-refractivity contribution >= 4 is 15.9 Å². The number of nitrogens with two attached hydrogens (primary N) is 1. The largest absolute Gasteiger partial charge is 0.330 e. The van der Waals surface area contributed by atoms with Crippen molar-refractivity contribution < 1.29 is 0 Å². The standard InChI is InChI=1S/C12H15BrN4/c1-9-12(6-7-14)15-16-17(9)8-10-2-4-11(13)5-3-10/h2-5H,6-8,14H2,1H3. The molecule has 17 heavy (non-hydrogen) atoms. The van der Waals surface area contributed by atoms with Gasteiger partial charge in [0.05, 0.1) is 17.9 Å². The molecule has 1 aromatic carbocycles. The average Bonchev–Trinajstić information content (AvgIpc) is 2.65. The lowest BCUT2D eigenvalue weighted by atomic mass is 10.2. The highest BCUT2D eigenvalue weighted by Crippen LogP contribution is 2.12. The zero-order valence-corrected chi connectivity index (χ0v) is 11.3. The van der Waals surface area contributed by atoms with E-state index < -0.39 is 0 Å². The lowest BCUT2D eigenvalue weighted by Gasteiger charge is -2.04. The van der Waals surface area contributed by atoms with Gasteiger partial charge in [-0.15, -0.1) is 5.10 Å². The van der Waals surface area contributed by atoms with Crippen LogP contribution in [0.4, 0.5) is 0 Å². The predicted octanol–water partition coefficient (Wildman–Crippen LogP) is 1.90. The van der Waals surface area contributed by atoms with E-state index in [0.717, 1.165) is 28.8 Å². The zero-order chi connectivity index (χ0) is 12.3. The highest BCUT2D eigenvalue weighted by Gasteiger charge is 2.07. The van der Waals surface area contributed by atoms with Crippen molar-refractivity contribution in [2.75, 3.05) is 6.54 Å². The molecule has 2 N–H and O–H groups in total. The fourth-order valence-electron chi connectivity index (χ4n) is 1.68. The van der Waals surface area contributed by atoms with Gasteiger partial charge in [0.2, 0.25) is 0 Å². The van der Waals surface area contributed by atoms with E-state index in [1.165, 1.54) is 5.56 Å². The number of hydrogen-bond donors (Lipinski definition) is 1. The third kappa shape index (κ3) is 2.92. The van der Waals surface area contributed by atoms with Crippen molar-refractivity contribution in [3.05, 3.63) is 45.7 Å². The summed E-state index contributed by atoms with van der Waals surface area (Å²) in [6.07, 6.45) is 0.784. The Bertz CT molecular complexity index is 490. The molecule has 0 bridgehead atoms. The van der Waals surface area contributed by atoms with Gasteiger partial charge in [-0.2, -0.15) is 0 Å². The summed E-state index contributed by atoms with van der Waals surface area (Å²) in [5.74, 6) is 0. The van der Waals surface area contributed by atoms with Crippen molar-refractivity contribution in [2.24, 2.45) is 5.73 Å². The Morgan fingerprint density at radius 2 is 2.00 bits per heavy atom. The molecule has 0 unspecified atom stereocenters. The van der Waals surface area contributed by atoms with E-state index in [0.29, 0.717) is 6.54 Å². The molecule has 4 nitrogen and oxygen atoms in total. The Kier molecular flexibility index (Phi) is 3.91. The minimum Gasteiger partial charge on any atom is -0.330 e. The molecule has 0 radical (unpaired) electrons. The van der Waals surface area contributed by atoms with Crippen LogP contribution in [0.5, 0.6) is 0 Å².